The van der Waals surface area contributed by atoms with Crippen LogP contribution in [-0.2, 0) is 14.3 Å². The molecule has 8 heteroatoms. The maximum atomic E-state index is 14.9. The van der Waals surface area contributed by atoms with Crippen molar-refractivity contribution in [2.24, 2.45) is 0 Å². The highest BCUT2D eigenvalue weighted by Crippen LogP contribution is 2.29. The number of nitrogens with zero attached hydrogens (tertiary/aromatic N) is 2. The highest BCUT2D eigenvalue weighted by atomic mass is 19.1. The van der Waals surface area contributed by atoms with E-state index < -0.39 is 18.0 Å². The molecule has 0 spiro atoms. The molecule has 0 bridgehead atoms. The summed E-state index contributed by atoms with van der Waals surface area (Å²) in [6.45, 7) is 3.45. The number of halogens is 1. The number of rotatable bonds is 6. The van der Waals surface area contributed by atoms with E-state index in [0.29, 0.717) is 16.8 Å². The van der Waals surface area contributed by atoms with Crippen molar-refractivity contribution in [2.75, 3.05) is 31.1 Å². The van der Waals surface area contributed by atoms with Gasteiger partial charge in [-0.1, -0.05) is 24.3 Å². The fraction of sp³-hybridized carbons (Fsp3) is 0.346. The molecule has 2 saturated heterocycles. The van der Waals surface area contributed by atoms with Gasteiger partial charge in [-0.15, -0.1) is 0 Å². The Morgan fingerprint density at radius 1 is 1.12 bits per heavy atom. The van der Waals surface area contributed by atoms with E-state index >= 15 is 0 Å². The third kappa shape index (κ3) is 5.62. The average Bonchev–Trinajstić information content (AvgIpc) is 3.22. The van der Waals surface area contributed by atoms with E-state index in [1.54, 1.807) is 36.4 Å². The Kier molecular flexibility index (Phi) is 7.25. The summed E-state index contributed by atoms with van der Waals surface area (Å²) in [6, 6.07) is 11.9. The molecule has 7 nitrogen and oxygen atoms in total. The van der Waals surface area contributed by atoms with Crippen LogP contribution in [-0.4, -0.2) is 55.1 Å². The van der Waals surface area contributed by atoms with Crippen LogP contribution in [0.1, 0.15) is 31.7 Å². The molecule has 2 aromatic carbocycles. The number of anilines is 1. The van der Waals surface area contributed by atoms with Crippen molar-refractivity contribution >= 4 is 29.7 Å². The van der Waals surface area contributed by atoms with Crippen LogP contribution in [0.15, 0.2) is 48.5 Å². The van der Waals surface area contributed by atoms with E-state index in [0.717, 1.165) is 31.5 Å². The minimum absolute atomic E-state index is 0.0187. The zero-order valence-electron chi connectivity index (χ0n) is 19.1. The topological polar surface area (TPSA) is 79.0 Å². The van der Waals surface area contributed by atoms with E-state index in [4.69, 9.17) is 4.74 Å². The zero-order chi connectivity index (χ0) is 24.1. The van der Waals surface area contributed by atoms with Crippen LogP contribution in [0.4, 0.5) is 14.9 Å². The van der Waals surface area contributed by atoms with Gasteiger partial charge in [-0.3, -0.25) is 14.5 Å². The minimum Gasteiger partial charge on any atom is -0.442 e. The number of hydrogen-bond donors (Lipinski definition) is 1. The van der Waals surface area contributed by atoms with Crippen LogP contribution >= 0.6 is 0 Å². The number of amides is 3. The molecule has 0 aromatic heterocycles. The maximum Gasteiger partial charge on any atom is 0.414 e. The van der Waals surface area contributed by atoms with Gasteiger partial charge in [0, 0.05) is 31.7 Å². The van der Waals surface area contributed by atoms with Crippen molar-refractivity contribution in [1.82, 2.24) is 10.2 Å². The summed E-state index contributed by atoms with van der Waals surface area (Å²) < 4.78 is 20.2. The molecule has 1 N–H and O–H groups in total. The largest absolute Gasteiger partial charge is 0.442 e. The Morgan fingerprint density at radius 2 is 1.85 bits per heavy atom. The van der Waals surface area contributed by atoms with Crippen LogP contribution in [0.2, 0.25) is 0 Å². The van der Waals surface area contributed by atoms with Crippen molar-refractivity contribution in [3.8, 4) is 11.1 Å². The monoisotopic (exact) mass is 465 g/mol. The Balaban J connectivity index is 1.41. The summed E-state index contributed by atoms with van der Waals surface area (Å²) in [6.07, 6.45) is 5.58. The normalized spacial score (nSPS) is 18.3. The molecule has 2 aliphatic rings. The number of carbonyl (C=O) groups excluding carboxylic acids is 3. The lowest BCUT2D eigenvalue weighted by Crippen LogP contribution is -2.34. The predicted octanol–water partition coefficient (Wildman–Crippen LogP) is 3.98. The molecular formula is C26H28FN3O4. The van der Waals surface area contributed by atoms with Gasteiger partial charge < -0.3 is 15.0 Å². The second-order valence-electron chi connectivity index (χ2n) is 8.56. The molecule has 2 fully saturated rings. The number of benzene rings is 2. The third-order valence-corrected chi connectivity index (χ3v) is 6.02. The van der Waals surface area contributed by atoms with Gasteiger partial charge in [0.15, 0.2) is 0 Å². The number of cyclic esters (lactones) is 1. The first-order valence-corrected chi connectivity index (χ1v) is 11.5. The van der Waals surface area contributed by atoms with Gasteiger partial charge in [0.1, 0.15) is 11.9 Å². The van der Waals surface area contributed by atoms with Crippen LogP contribution in [0, 0.1) is 5.82 Å². The summed E-state index contributed by atoms with van der Waals surface area (Å²) >= 11 is 0. The van der Waals surface area contributed by atoms with Crippen LogP contribution < -0.4 is 10.2 Å². The van der Waals surface area contributed by atoms with E-state index in [9.17, 15) is 18.8 Å². The summed E-state index contributed by atoms with van der Waals surface area (Å²) in [5.41, 5.74) is 2.35. The Hall–Kier alpha value is -3.68. The number of nitrogens with one attached hydrogen (secondary N) is 1. The van der Waals surface area contributed by atoms with Gasteiger partial charge in [0.05, 0.1) is 18.8 Å². The molecule has 2 heterocycles. The Labute approximate surface area is 198 Å². The number of ether oxygens (including phenoxy) is 1. The van der Waals surface area contributed by atoms with E-state index in [2.05, 4.69) is 5.32 Å². The highest BCUT2D eigenvalue weighted by molar-refractivity contribution is 5.92. The molecule has 3 amide bonds. The van der Waals surface area contributed by atoms with Gasteiger partial charge in [-0.05, 0) is 54.7 Å². The molecule has 1 atom stereocenters. The SMILES string of the molecule is CC(=O)NC[C@H]1CN(c2ccc(-c3ccc(/C=C/C(=O)N4CCCCC4)cc3)c(F)c2)C(=O)O1. The standard InChI is InChI=1S/C26H28FN3O4/c1-18(31)28-16-22-17-30(26(33)34-22)21-10-11-23(24(27)15-21)20-8-5-19(6-9-20)7-12-25(32)29-13-3-2-4-14-29/h5-12,15,22H,2-4,13-14,16-17H2,1H3,(H,28,31)/b12-7+/t22-/m0/s1. The fourth-order valence-corrected chi connectivity index (χ4v) is 4.16. The molecule has 2 aromatic rings. The van der Waals surface area contributed by atoms with Crippen molar-refractivity contribution in [3.05, 3.63) is 59.9 Å². The Morgan fingerprint density at radius 3 is 2.53 bits per heavy atom. The quantitative estimate of drug-likeness (QED) is 0.655. The molecule has 0 aliphatic carbocycles. The number of carbonyl (C=O) groups is 3. The number of hydrogen-bond acceptors (Lipinski definition) is 4. The maximum absolute atomic E-state index is 14.9. The van der Waals surface area contributed by atoms with Crippen molar-refractivity contribution in [3.63, 3.8) is 0 Å². The lowest BCUT2D eigenvalue weighted by Gasteiger charge is -2.25. The first-order valence-electron chi connectivity index (χ1n) is 11.5. The minimum atomic E-state index is -0.572. The molecule has 0 saturated carbocycles. The average molecular weight is 466 g/mol. The second-order valence-corrected chi connectivity index (χ2v) is 8.56. The van der Waals surface area contributed by atoms with E-state index in [1.807, 2.05) is 17.0 Å². The summed E-state index contributed by atoms with van der Waals surface area (Å²) in [5, 5.41) is 2.62. The predicted molar refractivity (Wildman–Crippen MR) is 128 cm³/mol. The van der Waals surface area contributed by atoms with Crippen LogP contribution in [0.25, 0.3) is 17.2 Å². The smallest absolute Gasteiger partial charge is 0.414 e. The van der Waals surface area contributed by atoms with Gasteiger partial charge >= 0.3 is 6.09 Å². The number of piperidine rings is 1. The molecule has 0 unspecified atom stereocenters. The van der Waals surface area contributed by atoms with Crippen LogP contribution in [0.3, 0.4) is 0 Å². The highest BCUT2D eigenvalue weighted by Gasteiger charge is 2.32. The lowest BCUT2D eigenvalue weighted by atomic mass is 10.0. The first-order chi connectivity index (χ1) is 16.4. The summed E-state index contributed by atoms with van der Waals surface area (Å²) in [5.74, 6) is -0.649. The first kappa shape index (κ1) is 23.5. The van der Waals surface area contributed by atoms with E-state index in [-0.39, 0.29) is 24.9 Å². The molecule has 0 radical (unpaired) electrons. The molecule has 2 aliphatic heterocycles. The Bertz CT molecular complexity index is 1090. The van der Waals surface area contributed by atoms with Gasteiger partial charge in [-0.2, -0.15) is 0 Å². The molecule has 34 heavy (non-hydrogen) atoms. The van der Waals surface area contributed by atoms with Crippen molar-refractivity contribution in [2.45, 2.75) is 32.3 Å². The van der Waals surface area contributed by atoms with Crippen molar-refractivity contribution in [1.29, 1.82) is 0 Å². The van der Waals surface area contributed by atoms with Gasteiger partial charge in [-0.25, -0.2) is 9.18 Å². The van der Waals surface area contributed by atoms with Crippen LogP contribution in [0.5, 0.6) is 0 Å². The fourth-order valence-electron chi connectivity index (χ4n) is 4.16. The summed E-state index contributed by atoms with van der Waals surface area (Å²) in [4.78, 5) is 38.8. The lowest BCUT2D eigenvalue weighted by molar-refractivity contribution is -0.126. The second kappa shape index (κ2) is 10.5. The third-order valence-electron chi connectivity index (χ3n) is 6.02. The molecule has 4 rings (SSSR count). The number of likely N-dealkylation sites (tertiary alicyclic amines) is 1. The molecular weight excluding hydrogens is 437 g/mol. The molecule has 178 valence electrons. The summed E-state index contributed by atoms with van der Waals surface area (Å²) in [7, 11) is 0. The van der Waals surface area contributed by atoms with Gasteiger partial charge in [0.25, 0.3) is 0 Å². The van der Waals surface area contributed by atoms with E-state index in [1.165, 1.54) is 24.3 Å². The zero-order valence-corrected chi connectivity index (χ0v) is 19.1. The van der Waals surface area contributed by atoms with Crippen molar-refractivity contribution < 1.29 is 23.5 Å². The van der Waals surface area contributed by atoms with Gasteiger partial charge in [0.2, 0.25) is 11.8 Å².